The van der Waals surface area contributed by atoms with Crippen molar-refractivity contribution in [2.24, 2.45) is 0 Å². The monoisotopic (exact) mass is 329 g/mol. The summed E-state index contributed by atoms with van der Waals surface area (Å²) in [5.74, 6) is 0.824. The lowest BCUT2D eigenvalue weighted by Gasteiger charge is -2.18. The Morgan fingerprint density at radius 1 is 1.24 bits per heavy atom. The van der Waals surface area contributed by atoms with Gasteiger partial charge in [0.05, 0.1) is 10.5 Å². The highest BCUT2D eigenvalue weighted by Crippen LogP contribution is 2.22. The van der Waals surface area contributed by atoms with Crippen LogP contribution in [0.15, 0.2) is 29.2 Å². The molecule has 0 amide bonds. The van der Waals surface area contributed by atoms with Gasteiger partial charge >= 0.3 is 0 Å². The van der Waals surface area contributed by atoms with Crippen LogP contribution in [0.1, 0.15) is 39.7 Å². The van der Waals surface area contributed by atoms with E-state index in [1.54, 1.807) is 32.5 Å². The third-order valence-electron chi connectivity index (χ3n) is 3.21. The van der Waals surface area contributed by atoms with Gasteiger partial charge in [-0.2, -0.15) is 0 Å². The summed E-state index contributed by atoms with van der Waals surface area (Å²) in [5.41, 5.74) is 1.24. The maximum atomic E-state index is 12.1. The molecule has 0 saturated carbocycles. The molecule has 0 fully saturated rings. The molecule has 1 aromatic carbocycles. The zero-order valence-corrected chi connectivity index (χ0v) is 15.1. The van der Waals surface area contributed by atoms with E-state index in [1.807, 2.05) is 12.1 Å². The fourth-order valence-corrected chi connectivity index (χ4v) is 4.20. The van der Waals surface area contributed by atoms with Crippen molar-refractivity contribution in [2.75, 3.05) is 18.1 Å². The maximum absolute atomic E-state index is 12.1. The highest BCUT2D eigenvalue weighted by Gasteiger charge is 2.28. The van der Waals surface area contributed by atoms with Crippen LogP contribution >= 0.6 is 11.8 Å². The first-order valence-corrected chi connectivity index (χ1v) is 10.0. The first-order valence-electron chi connectivity index (χ1n) is 7.41. The Morgan fingerprint density at radius 3 is 2.57 bits per heavy atom. The number of rotatable bonds is 8. The lowest BCUT2D eigenvalue weighted by atomic mass is 10.2. The van der Waals surface area contributed by atoms with Crippen LogP contribution < -0.4 is 5.32 Å². The van der Waals surface area contributed by atoms with Gasteiger partial charge in [0.1, 0.15) is 0 Å². The quantitative estimate of drug-likeness (QED) is 0.586. The number of benzene rings is 1. The smallest absolute Gasteiger partial charge is 0.156 e. The third-order valence-corrected chi connectivity index (χ3v) is 7.07. The van der Waals surface area contributed by atoms with Crippen molar-refractivity contribution in [2.45, 2.75) is 50.3 Å². The zero-order chi connectivity index (χ0) is 15.9. The van der Waals surface area contributed by atoms with Crippen LogP contribution in [-0.4, -0.2) is 31.2 Å². The van der Waals surface area contributed by atoms with Crippen LogP contribution in [0.2, 0.25) is 0 Å². The summed E-state index contributed by atoms with van der Waals surface area (Å²) in [6.45, 7) is 9.30. The Hall–Kier alpha value is -0.520. The number of sulfone groups is 1. The van der Waals surface area contributed by atoms with Gasteiger partial charge in [-0.05, 0) is 51.4 Å². The van der Waals surface area contributed by atoms with E-state index in [0.29, 0.717) is 5.75 Å². The van der Waals surface area contributed by atoms with Gasteiger partial charge in [-0.15, -0.1) is 11.8 Å². The predicted octanol–water partition coefficient (Wildman–Crippen LogP) is 3.49. The average Bonchev–Trinajstić information content (AvgIpc) is 2.38. The van der Waals surface area contributed by atoms with E-state index in [4.69, 9.17) is 0 Å². The summed E-state index contributed by atoms with van der Waals surface area (Å²) in [5, 5.41) is 3.37. The van der Waals surface area contributed by atoms with Crippen molar-refractivity contribution in [1.82, 2.24) is 5.32 Å². The molecule has 21 heavy (non-hydrogen) atoms. The van der Waals surface area contributed by atoms with Crippen molar-refractivity contribution in [3.8, 4) is 0 Å². The normalized spacial score (nSPS) is 12.6. The molecule has 3 nitrogen and oxygen atoms in total. The van der Waals surface area contributed by atoms with Gasteiger partial charge in [-0.1, -0.05) is 19.1 Å². The number of thioether (sulfide) groups is 1. The van der Waals surface area contributed by atoms with Crippen molar-refractivity contribution in [3.63, 3.8) is 0 Å². The average molecular weight is 330 g/mol. The second-order valence-electron chi connectivity index (χ2n) is 6.10. The Labute approximate surface area is 133 Å². The minimum absolute atomic E-state index is 0.222. The molecule has 0 aromatic heterocycles. The van der Waals surface area contributed by atoms with Crippen molar-refractivity contribution in [1.29, 1.82) is 0 Å². The summed E-state index contributed by atoms with van der Waals surface area (Å²) < 4.78 is 23.5. The molecule has 1 rings (SSSR count). The van der Waals surface area contributed by atoms with Gasteiger partial charge in [0, 0.05) is 17.2 Å². The molecule has 0 unspecified atom stereocenters. The maximum Gasteiger partial charge on any atom is 0.156 e. The molecule has 120 valence electrons. The lowest BCUT2D eigenvalue weighted by molar-refractivity contribution is 0.562. The van der Waals surface area contributed by atoms with Crippen LogP contribution in [0.4, 0.5) is 0 Å². The molecular formula is C16H27NO2S2. The third kappa shape index (κ3) is 6.41. The van der Waals surface area contributed by atoms with Crippen LogP contribution in [0.25, 0.3) is 0 Å². The Morgan fingerprint density at radius 2 is 1.95 bits per heavy atom. The Kier molecular flexibility index (Phi) is 7.24. The van der Waals surface area contributed by atoms with E-state index in [1.165, 1.54) is 5.56 Å². The van der Waals surface area contributed by atoms with Crippen molar-refractivity contribution < 1.29 is 8.42 Å². The second-order valence-corrected chi connectivity index (χ2v) is 10.1. The number of hydrogen-bond donors (Lipinski definition) is 1. The summed E-state index contributed by atoms with van der Waals surface area (Å²) in [4.78, 5) is 1.13. The molecular weight excluding hydrogens is 302 g/mol. The fourth-order valence-electron chi connectivity index (χ4n) is 1.73. The first kappa shape index (κ1) is 18.5. The van der Waals surface area contributed by atoms with Gasteiger partial charge in [-0.3, -0.25) is 0 Å². The molecule has 1 N–H and O–H groups in total. The SMILES string of the molecule is CCCNCc1cccc(SCCS(=O)(=O)C(C)(C)C)c1. The molecule has 0 aliphatic carbocycles. The van der Waals surface area contributed by atoms with Crippen LogP contribution in [0.3, 0.4) is 0 Å². The summed E-state index contributed by atoms with van der Waals surface area (Å²) >= 11 is 1.61. The van der Waals surface area contributed by atoms with E-state index >= 15 is 0 Å². The minimum Gasteiger partial charge on any atom is -0.313 e. The largest absolute Gasteiger partial charge is 0.313 e. The molecule has 0 bridgehead atoms. The van der Waals surface area contributed by atoms with Crippen LogP contribution in [0.5, 0.6) is 0 Å². The van der Waals surface area contributed by atoms with E-state index < -0.39 is 14.6 Å². The van der Waals surface area contributed by atoms with Crippen LogP contribution in [0, 0.1) is 0 Å². The highest BCUT2D eigenvalue weighted by molar-refractivity contribution is 8.01. The van der Waals surface area contributed by atoms with E-state index in [2.05, 4.69) is 24.4 Å². The van der Waals surface area contributed by atoms with Gasteiger partial charge in [0.25, 0.3) is 0 Å². The number of hydrogen-bond acceptors (Lipinski definition) is 4. The topological polar surface area (TPSA) is 46.2 Å². The summed E-state index contributed by atoms with van der Waals surface area (Å²) in [6.07, 6.45) is 1.12. The molecule has 0 aliphatic rings. The van der Waals surface area contributed by atoms with Gasteiger partial charge in [-0.25, -0.2) is 8.42 Å². The zero-order valence-electron chi connectivity index (χ0n) is 13.5. The van der Waals surface area contributed by atoms with E-state index in [-0.39, 0.29) is 5.75 Å². The first-order chi connectivity index (χ1) is 9.76. The molecule has 0 aliphatic heterocycles. The minimum atomic E-state index is -3.03. The number of nitrogens with one attached hydrogen (secondary N) is 1. The predicted molar refractivity (Wildman–Crippen MR) is 92.7 cm³/mol. The molecule has 1 aromatic rings. The molecule has 0 spiro atoms. The van der Waals surface area contributed by atoms with E-state index in [0.717, 1.165) is 24.4 Å². The Bertz CT molecular complexity index is 533. The second kappa shape index (κ2) is 8.20. The molecule has 5 heteroatoms. The lowest BCUT2D eigenvalue weighted by Crippen LogP contribution is -2.31. The van der Waals surface area contributed by atoms with Gasteiger partial charge in [0.15, 0.2) is 9.84 Å². The molecule has 0 saturated heterocycles. The highest BCUT2D eigenvalue weighted by atomic mass is 32.2. The molecule has 0 heterocycles. The van der Waals surface area contributed by atoms with Gasteiger partial charge in [0.2, 0.25) is 0 Å². The van der Waals surface area contributed by atoms with Gasteiger partial charge < -0.3 is 5.32 Å². The van der Waals surface area contributed by atoms with Crippen molar-refractivity contribution >= 4 is 21.6 Å². The summed E-state index contributed by atoms with van der Waals surface area (Å²) in [6, 6.07) is 8.30. The standard InChI is InChI=1S/C16H27NO2S2/c1-5-9-17-13-14-7-6-8-15(12-14)20-10-11-21(18,19)16(2,3)4/h6-8,12,17H,5,9-11,13H2,1-4H3. The molecule has 0 atom stereocenters. The van der Waals surface area contributed by atoms with Crippen molar-refractivity contribution in [3.05, 3.63) is 29.8 Å². The fraction of sp³-hybridized carbons (Fsp3) is 0.625. The molecule has 0 radical (unpaired) electrons. The Balaban J connectivity index is 2.51. The summed E-state index contributed by atoms with van der Waals surface area (Å²) in [7, 11) is -3.03. The van der Waals surface area contributed by atoms with Crippen LogP contribution in [-0.2, 0) is 16.4 Å². The van der Waals surface area contributed by atoms with E-state index in [9.17, 15) is 8.42 Å².